The number of carbonyl (C=O) groups excluding carboxylic acids is 2. The van der Waals surface area contributed by atoms with Gasteiger partial charge in [-0.1, -0.05) is 34.6 Å². The molecule has 28 heavy (non-hydrogen) atoms. The summed E-state index contributed by atoms with van der Waals surface area (Å²) in [6.07, 6.45) is -3.94. The van der Waals surface area contributed by atoms with E-state index in [9.17, 15) is 30.0 Å². The first-order valence-corrected chi connectivity index (χ1v) is 10.3. The Kier molecular flexibility index (Phi) is 8.62. The van der Waals surface area contributed by atoms with Gasteiger partial charge >= 0.3 is 5.97 Å². The highest BCUT2D eigenvalue weighted by atomic mass is 16.6. The van der Waals surface area contributed by atoms with Crippen LogP contribution in [0.2, 0.25) is 0 Å². The smallest absolute Gasteiger partial charge is 0.311 e. The van der Waals surface area contributed by atoms with Crippen molar-refractivity contribution < 1.29 is 34.8 Å². The molecule has 1 fully saturated rings. The quantitative estimate of drug-likeness (QED) is 0.487. The van der Waals surface area contributed by atoms with Crippen molar-refractivity contribution in [2.24, 2.45) is 29.6 Å². The number of Topliss-reactive ketones (excluding diaryl/α,β-unsaturated/α-hetero) is 1. The zero-order valence-electron chi connectivity index (χ0n) is 18.1. The van der Waals surface area contributed by atoms with Crippen molar-refractivity contribution in [2.75, 3.05) is 0 Å². The van der Waals surface area contributed by atoms with Crippen LogP contribution in [0.1, 0.15) is 61.3 Å². The summed E-state index contributed by atoms with van der Waals surface area (Å²) in [4.78, 5) is 25.4. The van der Waals surface area contributed by atoms with Gasteiger partial charge in [0, 0.05) is 17.8 Å². The lowest BCUT2D eigenvalue weighted by Gasteiger charge is -2.40. The van der Waals surface area contributed by atoms with E-state index in [4.69, 9.17) is 4.74 Å². The van der Waals surface area contributed by atoms with Crippen molar-refractivity contribution in [1.29, 1.82) is 0 Å². The van der Waals surface area contributed by atoms with Gasteiger partial charge < -0.3 is 25.2 Å². The van der Waals surface area contributed by atoms with E-state index < -0.39 is 59.7 Å². The van der Waals surface area contributed by atoms with E-state index in [0.717, 1.165) is 0 Å². The van der Waals surface area contributed by atoms with Crippen LogP contribution in [0.4, 0.5) is 0 Å². The number of esters is 1. The van der Waals surface area contributed by atoms with Crippen LogP contribution in [0.5, 0.6) is 0 Å². The zero-order chi connectivity index (χ0) is 22.0. The molecule has 0 radical (unpaired) electrons. The van der Waals surface area contributed by atoms with Crippen molar-refractivity contribution in [3.8, 4) is 0 Å². The van der Waals surface area contributed by atoms with Gasteiger partial charge in [-0.2, -0.15) is 0 Å². The molecule has 1 aliphatic rings. The van der Waals surface area contributed by atoms with Crippen molar-refractivity contribution in [3.63, 3.8) is 0 Å². The summed E-state index contributed by atoms with van der Waals surface area (Å²) in [6, 6.07) is 0. The highest BCUT2D eigenvalue weighted by Gasteiger charge is 2.47. The van der Waals surface area contributed by atoms with E-state index >= 15 is 0 Å². The maximum Gasteiger partial charge on any atom is 0.311 e. The molecule has 0 aromatic rings. The molecule has 0 aliphatic carbocycles. The highest BCUT2D eigenvalue weighted by Crippen LogP contribution is 2.32. The second-order valence-electron chi connectivity index (χ2n) is 8.94. The van der Waals surface area contributed by atoms with Crippen LogP contribution < -0.4 is 0 Å². The van der Waals surface area contributed by atoms with E-state index in [-0.39, 0.29) is 18.1 Å². The second-order valence-corrected chi connectivity index (χ2v) is 8.94. The van der Waals surface area contributed by atoms with Crippen molar-refractivity contribution in [3.05, 3.63) is 0 Å². The van der Waals surface area contributed by atoms with E-state index in [1.54, 1.807) is 34.6 Å². The first-order chi connectivity index (χ1) is 12.8. The van der Waals surface area contributed by atoms with Crippen molar-refractivity contribution in [1.82, 2.24) is 0 Å². The number of cyclic esters (lactones) is 1. The topological polar surface area (TPSA) is 124 Å². The Morgan fingerprint density at radius 1 is 1.00 bits per heavy atom. The number of carbonyl (C=O) groups is 2. The number of rotatable bonds is 1. The molecule has 1 saturated heterocycles. The Morgan fingerprint density at radius 3 is 2.04 bits per heavy atom. The molecule has 7 nitrogen and oxygen atoms in total. The Morgan fingerprint density at radius 2 is 1.54 bits per heavy atom. The lowest BCUT2D eigenvalue weighted by atomic mass is 9.76. The van der Waals surface area contributed by atoms with Crippen LogP contribution in [-0.2, 0) is 14.3 Å². The van der Waals surface area contributed by atoms with Gasteiger partial charge in [0.1, 0.15) is 17.5 Å². The van der Waals surface area contributed by atoms with Crippen LogP contribution >= 0.6 is 0 Å². The summed E-state index contributed by atoms with van der Waals surface area (Å²) < 4.78 is 5.43. The monoisotopic (exact) mass is 402 g/mol. The maximum atomic E-state index is 12.8. The second kappa shape index (κ2) is 9.65. The minimum atomic E-state index is -1.83. The largest absolute Gasteiger partial charge is 0.459 e. The molecule has 0 aromatic carbocycles. The molecule has 7 heteroatoms. The van der Waals surface area contributed by atoms with Crippen molar-refractivity contribution >= 4 is 11.8 Å². The summed E-state index contributed by atoms with van der Waals surface area (Å²) in [7, 11) is 0. The van der Waals surface area contributed by atoms with Gasteiger partial charge in [0.25, 0.3) is 0 Å². The number of ether oxygens (including phenoxy) is 1. The van der Waals surface area contributed by atoms with Crippen LogP contribution in [0.25, 0.3) is 0 Å². The average molecular weight is 403 g/mol. The fourth-order valence-corrected chi connectivity index (χ4v) is 4.29. The van der Waals surface area contributed by atoms with Crippen LogP contribution in [0.3, 0.4) is 0 Å². The van der Waals surface area contributed by atoms with E-state index in [0.29, 0.717) is 6.42 Å². The van der Waals surface area contributed by atoms with E-state index in [1.807, 2.05) is 0 Å². The summed E-state index contributed by atoms with van der Waals surface area (Å²) in [6.45, 7) is 11.3. The predicted molar refractivity (Wildman–Crippen MR) is 104 cm³/mol. The number of hydrogen-bond acceptors (Lipinski definition) is 7. The van der Waals surface area contributed by atoms with Gasteiger partial charge in [-0.15, -0.1) is 0 Å². The molecular weight excluding hydrogens is 364 g/mol. The average Bonchev–Trinajstić information content (AvgIpc) is 2.66. The molecule has 0 aromatic heterocycles. The third-order valence-corrected chi connectivity index (χ3v) is 6.56. The highest BCUT2D eigenvalue weighted by molar-refractivity contribution is 5.83. The maximum absolute atomic E-state index is 12.8. The van der Waals surface area contributed by atoms with Crippen LogP contribution in [0.15, 0.2) is 0 Å². The fraction of sp³-hybridized carbons (Fsp3) is 0.905. The molecule has 0 saturated carbocycles. The standard InChI is InChI=1S/C21H38O7/c1-8-15-21(7,27)19(25)13(5)17(23)11(3)9-10(2)16(22)12(4)18(24)14(6)20(26)28-15/h10-16,18-19,22,24-25,27H,8-9H2,1-7H3. The lowest BCUT2D eigenvalue weighted by Crippen LogP contribution is -2.56. The molecule has 1 rings (SSSR count). The Bertz CT molecular complexity index is 547. The number of ketones is 1. The third-order valence-electron chi connectivity index (χ3n) is 6.56. The molecule has 0 spiro atoms. The SMILES string of the molecule is CCC1OC(=O)C(C)C(O)C(C)C(O)C(C)CC(C)C(=O)C(C)C(O)C1(C)O. The molecule has 10 unspecified atom stereocenters. The molecule has 164 valence electrons. The predicted octanol–water partition coefficient (Wildman–Crippen LogP) is 1.30. The van der Waals surface area contributed by atoms with Gasteiger partial charge in [-0.3, -0.25) is 9.59 Å². The lowest BCUT2D eigenvalue weighted by molar-refractivity contribution is -0.193. The molecule has 0 bridgehead atoms. The first kappa shape index (κ1) is 25.0. The summed E-state index contributed by atoms with van der Waals surface area (Å²) in [5.74, 6) is -4.09. The van der Waals surface area contributed by atoms with Gasteiger partial charge in [0.05, 0.1) is 24.2 Å². The van der Waals surface area contributed by atoms with Gasteiger partial charge in [-0.05, 0) is 32.6 Å². The normalized spacial score (nSPS) is 47.3. The zero-order valence-corrected chi connectivity index (χ0v) is 18.1. The fourth-order valence-electron chi connectivity index (χ4n) is 4.29. The third kappa shape index (κ3) is 5.12. The molecule has 1 aliphatic heterocycles. The van der Waals surface area contributed by atoms with Gasteiger partial charge in [0.2, 0.25) is 0 Å². The van der Waals surface area contributed by atoms with Gasteiger partial charge in [0.15, 0.2) is 0 Å². The Hall–Kier alpha value is -1.02. The Balaban J connectivity index is 3.33. The first-order valence-electron chi connectivity index (χ1n) is 10.3. The Labute approximate surface area is 168 Å². The molecule has 0 amide bonds. The van der Waals surface area contributed by atoms with Crippen LogP contribution in [-0.4, -0.2) is 62.2 Å². The summed E-state index contributed by atoms with van der Waals surface area (Å²) in [5, 5.41) is 42.8. The summed E-state index contributed by atoms with van der Waals surface area (Å²) >= 11 is 0. The minimum absolute atomic E-state index is 0.226. The molecule has 4 N–H and O–H groups in total. The molecule has 1 heterocycles. The number of aliphatic hydroxyl groups is 4. The van der Waals surface area contributed by atoms with Gasteiger partial charge in [-0.25, -0.2) is 0 Å². The summed E-state index contributed by atoms with van der Waals surface area (Å²) in [5.41, 5.74) is -1.83. The van der Waals surface area contributed by atoms with Crippen LogP contribution in [0, 0.1) is 29.6 Å². The minimum Gasteiger partial charge on any atom is -0.459 e. The molecule has 10 atom stereocenters. The van der Waals surface area contributed by atoms with E-state index in [1.165, 1.54) is 13.8 Å². The molecular formula is C21H38O7. The number of hydrogen-bond donors (Lipinski definition) is 4. The van der Waals surface area contributed by atoms with E-state index in [2.05, 4.69) is 0 Å². The van der Waals surface area contributed by atoms with Crippen molar-refractivity contribution in [2.45, 2.75) is 91.3 Å². The number of aliphatic hydroxyl groups excluding tert-OH is 3.